The van der Waals surface area contributed by atoms with E-state index in [1.54, 1.807) is 12.1 Å². The summed E-state index contributed by atoms with van der Waals surface area (Å²) in [6.45, 7) is 6.11. The van der Waals surface area contributed by atoms with Crippen LogP contribution in [0.15, 0.2) is 24.5 Å². The Kier molecular flexibility index (Phi) is 5.67. The Hall–Kier alpha value is -2.82. The molecule has 0 spiro atoms. The number of fused-ring (bicyclic) bond motifs is 1. The zero-order chi connectivity index (χ0) is 23.2. The summed E-state index contributed by atoms with van der Waals surface area (Å²) in [6, 6.07) is 3.45. The van der Waals surface area contributed by atoms with Crippen molar-refractivity contribution in [1.82, 2.24) is 20.2 Å². The van der Waals surface area contributed by atoms with Crippen LogP contribution in [0.1, 0.15) is 23.0 Å². The summed E-state index contributed by atoms with van der Waals surface area (Å²) in [5, 5.41) is 11.9. The summed E-state index contributed by atoms with van der Waals surface area (Å²) in [7, 11) is 1.53. The van der Waals surface area contributed by atoms with Gasteiger partial charge in [-0.2, -0.15) is 0 Å². The lowest BCUT2D eigenvalue weighted by Gasteiger charge is -2.13. The monoisotopic (exact) mass is 487 g/mol. The number of nitrogens with zero attached hydrogens (tertiary/aromatic N) is 4. The van der Waals surface area contributed by atoms with Crippen molar-refractivity contribution in [1.29, 1.82) is 0 Å². The third-order valence-electron chi connectivity index (χ3n) is 6.53. The molecule has 1 N–H and O–H groups in total. The quantitative estimate of drug-likeness (QED) is 0.500. The molecule has 2 unspecified atom stereocenters. The van der Waals surface area contributed by atoms with E-state index in [4.69, 9.17) is 25.8 Å². The average molecular weight is 488 g/mol. The highest BCUT2D eigenvalue weighted by Crippen LogP contribution is 2.62. The number of nitrogens with one attached hydrogen (secondary N) is 1. The standard InChI is InChI=1S/C22H22ClN5O4S/c1-11-4-13(14-5-18(23)25-7-17(14)30-3)15(6-24-11)19(29)26-20-27-28-21(33-20)32-10-22-9-31-8-16(22)12(22)2/h4-7,12,16H,8-10H2,1-3H3,(H,26,27,29)/t12-,16?,22?/m0/s1. The zero-order valence-electron chi connectivity index (χ0n) is 18.3. The minimum absolute atomic E-state index is 0.0857. The molecular formula is C22H22ClN5O4S. The Labute approximate surface area is 199 Å². The Morgan fingerprint density at radius 2 is 2.15 bits per heavy atom. The van der Waals surface area contributed by atoms with E-state index in [-0.39, 0.29) is 16.5 Å². The summed E-state index contributed by atoms with van der Waals surface area (Å²) in [4.78, 5) is 21.5. The predicted octanol–water partition coefficient (Wildman–Crippen LogP) is 3.88. The van der Waals surface area contributed by atoms with Crippen LogP contribution in [0.4, 0.5) is 5.13 Å². The predicted molar refractivity (Wildman–Crippen MR) is 123 cm³/mol. The zero-order valence-corrected chi connectivity index (χ0v) is 19.9. The van der Waals surface area contributed by atoms with E-state index < -0.39 is 0 Å². The molecule has 1 saturated carbocycles. The van der Waals surface area contributed by atoms with Crippen molar-refractivity contribution < 1.29 is 19.0 Å². The molecule has 0 radical (unpaired) electrons. The number of halogens is 1. The topological polar surface area (TPSA) is 108 Å². The van der Waals surface area contributed by atoms with Gasteiger partial charge in [0.05, 0.1) is 38.7 Å². The summed E-state index contributed by atoms with van der Waals surface area (Å²) >= 11 is 7.28. The van der Waals surface area contributed by atoms with Crippen LogP contribution in [0, 0.1) is 24.2 Å². The van der Waals surface area contributed by atoms with E-state index >= 15 is 0 Å². The van der Waals surface area contributed by atoms with Crippen molar-refractivity contribution in [3.63, 3.8) is 0 Å². The number of methoxy groups -OCH3 is 1. The van der Waals surface area contributed by atoms with Crippen LogP contribution >= 0.6 is 22.9 Å². The Morgan fingerprint density at radius 3 is 2.91 bits per heavy atom. The second kappa shape index (κ2) is 8.51. The van der Waals surface area contributed by atoms with Gasteiger partial charge in [-0.3, -0.25) is 15.1 Å². The lowest BCUT2D eigenvalue weighted by atomic mass is 10.0. The van der Waals surface area contributed by atoms with E-state index in [1.807, 2.05) is 6.92 Å². The average Bonchev–Trinajstić information content (AvgIpc) is 3.17. The van der Waals surface area contributed by atoms with Gasteiger partial charge >= 0.3 is 0 Å². The van der Waals surface area contributed by atoms with E-state index in [0.29, 0.717) is 57.8 Å². The van der Waals surface area contributed by atoms with Gasteiger partial charge in [0.25, 0.3) is 11.1 Å². The summed E-state index contributed by atoms with van der Waals surface area (Å²) in [5.74, 6) is 1.25. The largest absolute Gasteiger partial charge is 0.494 e. The summed E-state index contributed by atoms with van der Waals surface area (Å²) in [5.41, 5.74) is 2.43. The molecule has 2 aliphatic rings. The van der Waals surface area contributed by atoms with E-state index in [2.05, 4.69) is 32.4 Å². The molecule has 9 nitrogen and oxygen atoms in total. The fourth-order valence-corrected chi connectivity index (χ4v) is 5.19. The molecule has 3 aromatic rings. The van der Waals surface area contributed by atoms with Gasteiger partial charge in [0.1, 0.15) is 10.9 Å². The SMILES string of the molecule is COc1cnc(Cl)cc1-c1cc(C)ncc1C(=O)Nc1nnc(OCC23COCC2[C@@H]3C)s1. The smallest absolute Gasteiger partial charge is 0.295 e. The van der Waals surface area contributed by atoms with Gasteiger partial charge in [-0.25, -0.2) is 4.98 Å². The number of pyridine rings is 2. The van der Waals surface area contributed by atoms with Gasteiger partial charge in [-0.1, -0.05) is 23.6 Å². The number of carbonyl (C=O) groups excluding carboxylic acids is 1. The molecule has 33 heavy (non-hydrogen) atoms. The normalized spacial score (nSPS) is 23.2. The molecule has 0 bridgehead atoms. The first-order chi connectivity index (χ1) is 15.9. The van der Waals surface area contributed by atoms with Crippen LogP contribution in [0.2, 0.25) is 5.15 Å². The number of aryl methyl sites for hydroxylation is 1. The van der Waals surface area contributed by atoms with E-state index in [0.717, 1.165) is 12.3 Å². The summed E-state index contributed by atoms with van der Waals surface area (Å²) in [6.07, 6.45) is 3.03. The van der Waals surface area contributed by atoms with Crippen molar-refractivity contribution in [3.8, 4) is 22.1 Å². The minimum Gasteiger partial charge on any atom is -0.494 e. The van der Waals surface area contributed by atoms with Crippen molar-refractivity contribution in [2.24, 2.45) is 17.3 Å². The van der Waals surface area contributed by atoms with Gasteiger partial charge in [-0.05, 0) is 42.2 Å². The lowest BCUT2D eigenvalue weighted by Crippen LogP contribution is -2.18. The molecule has 5 rings (SSSR count). The Bertz CT molecular complexity index is 1220. The molecule has 1 saturated heterocycles. The first-order valence-corrected chi connectivity index (χ1v) is 11.6. The number of amides is 1. The highest BCUT2D eigenvalue weighted by molar-refractivity contribution is 7.17. The second-order valence-electron chi connectivity index (χ2n) is 8.34. The molecule has 0 aromatic carbocycles. The Morgan fingerprint density at radius 1 is 1.30 bits per heavy atom. The number of ether oxygens (including phenoxy) is 3. The van der Waals surface area contributed by atoms with Crippen LogP contribution in [0.3, 0.4) is 0 Å². The maximum Gasteiger partial charge on any atom is 0.295 e. The maximum absolute atomic E-state index is 13.1. The van der Waals surface area contributed by atoms with Gasteiger partial charge < -0.3 is 14.2 Å². The van der Waals surface area contributed by atoms with Crippen LogP contribution < -0.4 is 14.8 Å². The van der Waals surface area contributed by atoms with E-state index in [9.17, 15) is 4.79 Å². The third kappa shape index (κ3) is 4.03. The molecule has 1 aliphatic heterocycles. The molecule has 4 heterocycles. The van der Waals surface area contributed by atoms with Crippen molar-refractivity contribution >= 4 is 34.0 Å². The molecular weight excluding hydrogens is 466 g/mol. The molecule has 1 amide bonds. The van der Waals surface area contributed by atoms with Crippen LogP contribution in [-0.4, -0.2) is 53.0 Å². The number of hydrogen-bond donors (Lipinski definition) is 1. The number of carbonyl (C=O) groups is 1. The first kappa shape index (κ1) is 22.0. The van der Waals surface area contributed by atoms with Crippen LogP contribution in [0.5, 0.6) is 10.9 Å². The van der Waals surface area contributed by atoms with Crippen LogP contribution in [-0.2, 0) is 4.74 Å². The maximum atomic E-state index is 13.1. The van der Waals surface area contributed by atoms with Gasteiger partial charge in [0.15, 0.2) is 0 Å². The Balaban J connectivity index is 1.33. The third-order valence-corrected chi connectivity index (χ3v) is 7.49. The highest BCUT2D eigenvalue weighted by Gasteiger charge is 2.66. The van der Waals surface area contributed by atoms with Gasteiger partial charge in [0.2, 0.25) is 5.13 Å². The molecule has 3 atom stereocenters. The number of rotatable bonds is 7. The summed E-state index contributed by atoms with van der Waals surface area (Å²) < 4.78 is 16.9. The second-order valence-corrected chi connectivity index (χ2v) is 9.67. The van der Waals surface area contributed by atoms with Gasteiger partial charge in [0, 0.05) is 28.4 Å². The van der Waals surface area contributed by atoms with E-state index in [1.165, 1.54) is 30.8 Å². The molecule has 11 heteroatoms. The number of anilines is 1. The fourth-order valence-electron chi connectivity index (χ4n) is 4.44. The lowest BCUT2D eigenvalue weighted by molar-refractivity contribution is 0.102. The minimum atomic E-state index is -0.381. The molecule has 172 valence electrons. The molecule has 1 aliphatic carbocycles. The molecule has 3 aromatic heterocycles. The number of aromatic nitrogens is 4. The van der Waals surface area contributed by atoms with Crippen molar-refractivity contribution in [2.75, 3.05) is 32.2 Å². The number of hydrogen-bond acceptors (Lipinski definition) is 9. The molecule has 2 fully saturated rings. The van der Waals surface area contributed by atoms with Gasteiger partial charge in [-0.15, -0.1) is 5.10 Å². The van der Waals surface area contributed by atoms with Crippen molar-refractivity contribution in [3.05, 3.63) is 40.9 Å². The highest BCUT2D eigenvalue weighted by atomic mass is 35.5. The van der Waals surface area contributed by atoms with Crippen LogP contribution in [0.25, 0.3) is 11.1 Å². The fraction of sp³-hybridized carbons (Fsp3) is 0.409. The van der Waals surface area contributed by atoms with Crippen molar-refractivity contribution in [2.45, 2.75) is 13.8 Å². The first-order valence-electron chi connectivity index (χ1n) is 10.4.